The molecule has 0 unspecified atom stereocenters. The normalized spacial score (nSPS) is 12.7. The summed E-state index contributed by atoms with van der Waals surface area (Å²) in [7, 11) is 0. The van der Waals surface area contributed by atoms with E-state index in [-0.39, 0.29) is 5.41 Å². The highest BCUT2D eigenvalue weighted by atomic mass is 15.0. The van der Waals surface area contributed by atoms with Crippen LogP contribution in [0.5, 0.6) is 0 Å². The molecule has 0 saturated heterocycles. The van der Waals surface area contributed by atoms with Crippen molar-refractivity contribution < 1.29 is 0 Å². The first-order chi connectivity index (χ1) is 31.0. The minimum absolute atomic E-state index is 0.145. The number of hydrogen-bond acceptors (Lipinski definition) is 3. The summed E-state index contributed by atoms with van der Waals surface area (Å²) in [5, 5.41) is 7.44. The minimum atomic E-state index is -0.145. The second kappa shape index (κ2) is 14.6. The lowest BCUT2D eigenvalue weighted by Gasteiger charge is -2.24. The molecule has 1 heterocycles. The molecule has 0 saturated carbocycles. The molecule has 1 aliphatic carbocycles. The third-order valence-electron chi connectivity index (χ3n) is 13.1. The van der Waals surface area contributed by atoms with Gasteiger partial charge in [0.15, 0.2) is 17.5 Å². The van der Waals surface area contributed by atoms with Gasteiger partial charge in [0, 0.05) is 22.1 Å². The van der Waals surface area contributed by atoms with Crippen molar-refractivity contribution in [2.75, 3.05) is 0 Å². The molecule has 63 heavy (non-hydrogen) atoms. The summed E-state index contributed by atoms with van der Waals surface area (Å²) in [6, 6.07) is 76.2. The number of aromatic nitrogens is 3. The zero-order valence-corrected chi connectivity index (χ0v) is 35.0. The Morgan fingerprint density at radius 2 is 0.841 bits per heavy atom. The second-order valence-electron chi connectivity index (χ2n) is 17.2. The molecule has 296 valence electrons. The van der Waals surface area contributed by atoms with Crippen molar-refractivity contribution in [3.8, 4) is 78.7 Å². The van der Waals surface area contributed by atoms with Gasteiger partial charge in [-0.15, -0.1) is 0 Å². The van der Waals surface area contributed by atoms with Gasteiger partial charge in [0.05, 0.1) is 0 Å². The van der Waals surface area contributed by atoms with E-state index >= 15 is 0 Å². The first-order valence-corrected chi connectivity index (χ1v) is 21.7. The summed E-state index contributed by atoms with van der Waals surface area (Å²) in [6.07, 6.45) is 0. The van der Waals surface area contributed by atoms with Crippen LogP contribution in [0.1, 0.15) is 25.0 Å². The fourth-order valence-electron chi connectivity index (χ4n) is 10.1. The van der Waals surface area contributed by atoms with Crippen LogP contribution in [0.15, 0.2) is 212 Å². The van der Waals surface area contributed by atoms with E-state index in [1.54, 1.807) is 0 Å². The molecule has 3 heteroatoms. The summed E-state index contributed by atoms with van der Waals surface area (Å²) < 4.78 is 0. The van der Waals surface area contributed by atoms with E-state index < -0.39 is 0 Å². The second-order valence-corrected chi connectivity index (χ2v) is 17.2. The maximum atomic E-state index is 5.26. The first-order valence-electron chi connectivity index (χ1n) is 21.7. The average molecular weight is 804 g/mol. The Labute approximate surface area is 367 Å². The van der Waals surface area contributed by atoms with Gasteiger partial charge in [0.25, 0.3) is 0 Å². The SMILES string of the molecule is CC1(C)c2ccccc2-c2cccc(-c3cccc(-c4nc(-c5ccc(-c6c7ccccc7cc7c6ccc6ccccc67)cc5)nc(-c5cccc(-c6ccccc6)c5)n4)c3)c21. The number of rotatable bonds is 6. The summed E-state index contributed by atoms with van der Waals surface area (Å²) in [5.74, 6) is 1.89. The van der Waals surface area contributed by atoms with Gasteiger partial charge in [0.2, 0.25) is 0 Å². The molecule has 0 bridgehead atoms. The smallest absolute Gasteiger partial charge is 0.164 e. The third kappa shape index (κ3) is 6.15. The van der Waals surface area contributed by atoms with Gasteiger partial charge in [0.1, 0.15) is 0 Å². The lowest BCUT2D eigenvalue weighted by Crippen LogP contribution is -2.16. The topological polar surface area (TPSA) is 38.7 Å². The maximum absolute atomic E-state index is 5.26. The molecule has 10 aromatic carbocycles. The van der Waals surface area contributed by atoms with Gasteiger partial charge in [-0.25, -0.2) is 15.0 Å². The monoisotopic (exact) mass is 803 g/mol. The average Bonchev–Trinajstić information content (AvgIpc) is 3.59. The van der Waals surface area contributed by atoms with E-state index in [0.717, 1.165) is 38.9 Å². The molecular formula is C60H41N3. The number of nitrogens with zero attached hydrogens (tertiary/aromatic N) is 3. The van der Waals surface area contributed by atoms with Gasteiger partial charge < -0.3 is 0 Å². The van der Waals surface area contributed by atoms with Crippen LogP contribution in [0.4, 0.5) is 0 Å². The molecule has 0 aliphatic heterocycles. The minimum Gasteiger partial charge on any atom is -0.208 e. The Hall–Kier alpha value is -8.01. The van der Waals surface area contributed by atoms with Crippen molar-refractivity contribution in [2.45, 2.75) is 19.3 Å². The number of hydrogen-bond donors (Lipinski definition) is 0. The number of benzene rings is 10. The Kier molecular flexibility index (Phi) is 8.52. The summed E-state index contributed by atoms with van der Waals surface area (Å²) in [4.78, 5) is 15.7. The van der Waals surface area contributed by atoms with E-state index in [0.29, 0.717) is 17.5 Å². The van der Waals surface area contributed by atoms with Gasteiger partial charge in [-0.3, -0.25) is 0 Å². The molecule has 0 fully saturated rings. The summed E-state index contributed by atoms with van der Waals surface area (Å²) >= 11 is 0. The fourth-order valence-corrected chi connectivity index (χ4v) is 10.1. The van der Waals surface area contributed by atoms with Crippen LogP contribution in [0.3, 0.4) is 0 Å². The molecule has 0 radical (unpaired) electrons. The fraction of sp³-hybridized carbons (Fsp3) is 0.0500. The van der Waals surface area contributed by atoms with Crippen LogP contribution in [-0.2, 0) is 5.41 Å². The molecule has 11 aromatic rings. The lowest BCUT2D eigenvalue weighted by molar-refractivity contribution is 0.662. The standard InChI is InChI=1S/C60H41N3/c1-60(2)54-28-11-10-25-50(54)52-27-14-26-49(56(52)60)43-20-13-22-46(36-43)59-62-57(61-58(63-59)45-21-12-19-42(35-45)38-15-4-3-5-16-38)41-31-29-40(30-32-41)55-48-24-9-7-18-44(48)37-53-47-23-8-6-17-39(47)33-34-51(53)55/h3-37H,1-2H3. The third-order valence-corrected chi connectivity index (χ3v) is 13.1. The Morgan fingerprint density at radius 1 is 0.302 bits per heavy atom. The zero-order chi connectivity index (χ0) is 42.1. The molecule has 3 nitrogen and oxygen atoms in total. The van der Waals surface area contributed by atoms with Gasteiger partial charge in [-0.1, -0.05) is 208 Å². The highest BCUT2D eigenvalue weighted by molar-refractivity contribution is 6.20. The Balaban J connectivity index is 1.00. The molecule has 0 N–H and O–H groups in total. The molecular weight excluding hydrogens is 763 g/mol. The molecule has 0 spiro atoms. The van der Waals surface area contributed by atoms with Crippen LogP contribution in [0, 0.1) is 0 Å². The summed E-state index contributed by atoms with van der Waals surface area (Å²) in [5.41, 5.74) is 15.0. The van der Waals surface area contributed by atoms with Crippen LogP contribution in [-0.4, -0.2) is 15.0 Å². The quantitative estimate of drug-likeness (QED) is 0.124. The van der Waals surface area contributed by atoms with Crippen LogP contribution < -0.4 is 0 Å². The van der Waals surface area contributed by atoms with Gasteiger partial charge in [-0.2, -0.15) is 0 Å². The van der Waals surface area contributed by atoms with E-state index in [1.165, 1.54) is 65.7 Å². The van der Waals surface area contributed by atoms with E-state index in [2.05, 4.69) is 220 Å². The highest BCUT2D eigenvalue weighted by Crippen LogP contribution is 2.52. The van der Waals surface area contributed by atoms with Gasteiger partial charge in [-0.05, 0) is 106 Å². The molecule has 1 aromatic heterocycles. The highest BCUT2D eigenvalue weighted by Gasteiger charge is 2.37. The first kappa shape index (κ1) is 36.8. The number of fused-ring (bicyclic) bond motifs is 7. The predicted molar refractivity (Wildman–Crippen MR) is 263 cm³/mol. The Morgan fingerprint density at radius 3 is 1.62 bits per heavy atom. The van der Waals surface area contributed by atoms with Crippen molar-refractivity contribution in [3.05, 3.63) is 223 Å². The van der Waals surface area contributed by atoms with Crippen molar-refractivity contribution in [3.63, 3.8) is 0 Å². The van der Waals surface area contributed by atoms with Crippen molar-refractivity contribution >= 4 is 32.3 Å². The lowest BCUT2D eigenvalue weighted by atomic mass is 9.79. The molecule has 0 atom stereocenters. The van der Waals surface area contributed by atoms with Crippen molar-refractivity contribution in [2.24, 2.45) is 0 Å². The van der Waals surface area contributed by atoms with Crippen molar-refractivity contribution in [1.82, 2.24) is 15.0 Å². The van der Waals surface area contributed by atoms with Crippen LogP contribution in [0.2, 0.25) is 0 Å². The maximum Gasteiger partial charge on any atom is 0.164 e. The van der Waals surface area contributed by atoms with Crippen LogP contribution >= 0.6 is 0 Å². The van der Waals surface area contributed by atoms with Crippen LogP contribution in [0.25, 0.3) is 111 Å². The van der Waals surface area contributed by atoms with Crippen molar-refractivity contribution in [1.29, 1.82) is 0 Å². The van der Waals surface area contributed by atoms with Gasteiger partial charge >= 0.3 is 0 Å². The van der Waals surface area contributed by atoms with E-state index in [9.17, 15) is 0 Å². The van der Waals surface area contributed by atoms with E-state index in [4.69, 9.17) is 15.0 Å². The molecule has 0 amide bonds. The summed E-state index contributed by atoms with van der Waals surface area (Å²) in [6.45, 7) is 4.68. The molecule has 1 aliphatic rings. The molecule has 12 rings (SSSR count). The zero-order valence-electron chi connectivity index (χ0n) is 35.0. The Bertz CT molecular complexity index is 3590. The predicted octanol–water partition coefficient (Wildman–Crippen LogP) is 15.6. The van der Waals surface area contributed by atoms with E-state index in [1.807, 2.05) is 6.07 Å². The largest absolute Gasteiger partial charge is 0.208 e.